The Hall–Kier alpha value is -2.68. The third-order valence-corrected chi connectivity index (χ3v) is 2.85. The maximum atomic E-state index is 13.1. The maximum Gasteiger partial charge on any atom is 0.139 e. The second kappa shape index (κ2) is 5.53. The number of anilines is 3. The molecule has 5 nitrogen and oxygen atoms in total. The number of halogens is 1. The fraction of sp³-hybridized carbons (Fsp3) is 0.214. The lowest BCUT2D eigenvalue weighted by atomic mass is 10.2. The second-order valence-electron chi connectivity index (χ2n) is 4.27. The zero-order valence-corrected chi connectivity index (χ0v) is 11.5. The van der Waals surface area contributed by atoms with Crippen LogP contribution in [0, 0.1) is 31.0 Å². The first-order chi connectivity index (χ1) is 9.55. The molecular weight excluding hydrogens is 257 g/mol. The van der Waals surface area contributed by atoms with Crippen LogP contribution in [-0.2, 0) is 0 Å². The van der Waals surface area contributed by atoms with Crippen LogP contribution < -0.4 is 10.6 Å². The lowest BCUT2D eigenvalue weighted by Crippen LogP contribution is -2.06. The fourth-order valence-corrected chi connectivity index (χ4v) is 1.84. The number of aromatic nitrogens is 2. The van der Waals surface area contributed by atoms with Gasteiger partial charge in [-0.15, -0.1) is 0 Å². The van der Waals surface area contributed by atoms with Gasteiger partial charge >= 0.3 is 0 Å². The van der Waals surface area contributed by atoms with E-state index in [-0.39, 0.29) is 5.56 Å². The van der Waals surface area contributed by atoms with Gasteiger partial charge in [0.15, 0.2) is 0 Å². The third-order valence-electron chi connectivity index (χ3n) is 2.85. The smallest absolute Gasteiger partial charge is 0.139 e. The molecule has 6 heteroatoms. The highest BCUT2D eigenvalue weighted by molar-refractivity contribution is 5.69. The number of rotatable bonds is 3. The highest BCUT2D eigenvalue weighted by Crippen LogP contribution is 2.25. The molecule has 102 valence electrons. The zero-order valence-electron chi connectivity index (χ0n) is 11.5. The van der Waals surface area contributed by atoms with Gasteiger partial charge in [0.2, 0.25) is 0 Å². The first-order valence-electron chi connectivity index (χ1n) is 6.05. The Kier molecular flexibility index (Phi) is 3.80. The number of nitrogens with one attached hydrogen (secondary N) is 2. The summed E-state index contributed by atoms with van der Waals surface area (Å²) in [7, 11) is 1.77. The van der Waals surface area contributed by atoms with E-state index in [1.165, 1.54) is 18.2 Å². The minimum Gasteiger partial charge on any atom is -0.373 e. The average Bonchev–Trinajstić information content (AvgIpc) is 2.44. The molecule has 0 saturated carbocycles. The van der Waals surface area contributed by atoms with E-state index in [0.717, 1.165) is 5.56 Å². The quantitative estimate of drug-likeness (QED) is 0.898. The summed E-state index contributed by atoms with van der Waals surface area (Å²) in [4.78, 5) is 8.57. The van der Waals surface area contributed by atoms with E-state index in [0.29, 0.717) is 23.1 Å². The summed E-state index contributed by atoms with van der Waals surface area (Å²) < 4.78 is 13.1. The van der Waals surface area contributed by atoms with Crippen molar-refractivity contribution in [3.8, 4) is 6.07 Å². The molecule has 1 aromatic carbocycles. The number of hydrogen-bond donors (Lipinski definition) is 2. The van der Waals surface area contributed by atoms with Gasteiger partial charge in [-0.1, -0.05) is 0 Å². The first kappa shape index (κ1) is 13.7. The Morgan fingerprint density at radius 3 is 2.55 bits per heavy atom. The summed E-state index contributed by atoms with van der Waals surface area (Å²) in [5.41, 5.74) is 1.56. The van der Waals surface area contributed by atoms with E-state index in [1.807, 2.05) is 13.0 Å². The Balaban J connectivity index is 2.45. The van der Waals surface area contributed by atoms with Crippen LogP contribution in [-0.4, -0.2) is 17.0 Å². The minimum absolute atomic E-state index is 0.228. The molecule has 1 heterocycles. The topological polar surface area (TPSA) is 73.6 Å². The van der Waals surface area contributed by atoms with Crippen molar-refractivity contribution >= 4 is 17.3 Å². The Morgan fingerprint density at radius 1 is 1.20 bits per heavy atom. The molecule has 2 aromatic rings. The van der Waals surface area contributed by atoms with Crippen LogP contribution in [0.2, 0.25) is 0 Å². The van der Waals surface area contributed by atoms with Crippen molar-refractivity contribution in [1.29, 1.82) is 5.26 Å². The molecule has 20 heavy (non-hydrogen) atoms. The minimum atomic E-state index is -0.446. The Labute approximate surface area is 116 Å². The molecule has 0 aliphatic carbocycles. The molecule has 2 rings (SSSR count). The van der Waals surface area contributed by atoms with Crippen LogP contribution >= 0.6 is 0 Å². The number of nitriles is 1. The van der Waals surface area contributed by atoms with Gasteiger partial charge < -0.3 is 10.6 Å². The second-order valence-corrected chi connectivity index (χ2v) is 4.27. The average molecular weight is 271 g/mol. The highest BCUT2D eigenvalue weighted by atomic mass is 19.1. The summed E-state index contributed by atoms with van der Waals surface area (Å²) in [6, 6.07) is 5.96. The molecule has 0 amide bonds. The standard InChI is InChI=1S/C14H14FN5/c1-8-13(17-3)18-9(2)19-14(8)20-12-5-4-11(15)6-10(12)7-16/h4-6H,1-3H3,(H2,17,18,19,20). The Morgan fingerprint density at radius 2 is 1.90 bits per heavy atom. The molecular formula is C14H14FN5. The van der Waals surface area contributed by atoms with Crippen LogP contribution in [0.5, 0.6) is 0 Å². The van der Waals surface area contributed by atoms with Gasteiger partial charge in [-0.3, -0.25) is 0 Å². The predicted molar refractivity (Wildman–Crippen MR) is 75.5 cm³/mol. The lowest BCUT2D eigenvalue weighted by Gasteiger charge is -2.13. The largest absolute Gasteiger partial charge is 0.373 e. The number of nitrogens with zero attached hydrogens (tertiary/aromatic N) is 3. The zero-order chi connectivity index (χ0) is 14.7. The normalized spacial score (nSPS) is 9.95. The van der Waals surface area contributed by atoms with Crippen molar-refractivity contribution in [2.24, 2.45) is 0 Å². The molecule has 0 saturated heterocycles. The molecule has 2 N–H and O–H groups in total. The highest BCUT2D eigenvalue weighted by Gasteiger charge is 2.10. The third kappa shape index (κ3) is 2.67. The van der Waals surface area contributed by atoms with Crippen LogP contribution in [0.1, 0.15) is 17.0 Å². The fourth-order valence-electron chi connectivity index (χ4n) is 1.84. The number of aryl methyl sites for hydroxylation is 1. The summed E-state index contributed by atoms with van der Waals surface area (Å²) in [6.07, 6.45) is 0. The van der Waals surface area contributed by atoms with E-state index in [4.69, 9.17) is 5.26 Å². The van der Waals surface area contributed by atoms with Crippen LogP contribution in [0.4, 0.5) is 21.7 Å². The summed E-state index contributed by atoms with van der Waals surface area (Å²) in [5, 5.41) is 15.1. The van der Waals surface area contributed by atoms with Gasteiger partial charge in [0, 0.05) is 12.6 Å². The van der Waals surface area contributed by atoms with E-state index in [1.54, 1.807) is 14.0 Å². The van der Waals surface area contributed by atoms with Crippen molar-refractivity contribution in [3.63, 3.8) is 0 Å². The molecule has 0 bridgehead atoms. The SMILES string of the molecule is CNc1nc(C)nc(Nc2ccc(F)cc2C#N)c1C. The van der Waals surface area contributed by atoms with Crippen molar-refractivity contribution < 1.29 is 4.39 Å². The van der Waals surface area contributed by atoms with E-state index in [2.05, 4.69) is 20.6 Å². The number of benzene rings is 1. The first-order valence-corrected chi connectivity index (χ1v) is 6.05. The molecule has 1 aromatic heterocycles. The molecule has 0 unspecified atom stereocenters. The van der Waals surface area contributed by atoms with Gasteiger partial charge in [0.1, 0.15) is 29.3 Å². The van der Waals surface area contributed by atoms with Crippen LogP contribution in [0.3, 0.4) is 0 Å². The van der Waals surface area contributed by atoms with Crippen molar-refractivity contribution in [3.05, 3.63) is 41.0 Å². The molecule has 0 spiro atoms. The Bertz CT molecular complexity index is 691. The summed E-state index contributed by atoms with van der Waals surface area (Å²) >= 11 is 0. The molecule has 0 aliphatic heterocycles. The maximum absolute atomic E-state index is 13.1. The molecule has 0 aliphatic rings. The van der Waals surface area contributed by atoms with E-state index in [9.17, 15) is 4.39 Å². The predicted octanol–water partition coefficient (Wildman–Crippen LogP) is 2.89. The lowest BCUT2D eigenvalue weighted by molar-refractivity contribution is 0.627. The van der Waals surface area contributed by atoms with E-state index < -0.39 is 5.82 Å². The monoisotopic (exact) mass is 271 g/mol. The number of hydrogen-bond acceptors (Lipinski definition) is 5. The van der Waals surface area contributed by atoms with Gasteiger partial charge in [0.25, 0.3) is 0 Å². The van der Waals surface area contributed by atoms with Crippen molar-refractivity contribution in [2.75, 3.05) is 17.7 Å². The van der Waals surface area contributed by atoms with Crippen LogP contribution in [0.25, 0.3) is 0 Å². The molecule has 0 fully saturated rings. The summed E-state index contributed by atoms with van der Waals surface area (Å²) in [6.45, 7) is 3.64. The van der Waals surface area contributed by atoms with Gasteiger partial charge in [0.05, 0.1) is 11.3 Å². The van der Waals surface area contributed by atoms with E-state index >= 15 is 0 Å². The molecule has 0 radical (unpaired) electrons. The van der Waals surface area contributed by atoms with Crippen molar-refractivity contribution in [2.45, 2.75) is 13.8 Å². The van der Waals surface area contributed by atoms with Gasteiger partial charge in [-0.2, -0.15) is 5.26 Å². The molecule has 0 atom stereocenters. The summed E-state index contributed by atoms with van der Waals surface area (Å²) in [5.74, 6) is 1.45. The van der Waals surface area contributed by atoms with Gasteiger partial charge in [-0.25, -0.2) is 14.4 Å². The van der Waals surface area contributed by atoms with Crippen LogP contribution in [0.15, 0.2) is 18.2 Å². The van der Waals surface area contributed by atoms with Gasteiger partial charge in [-0.05, 0) is 32.0 Å². The van der Waals surface area contributed by atoms with Crippen molar-refractivity contribution in [1.82, 2.24) is 9.97 Å².